The first-order chi connectivity index (χ1) is 29.3. The minimum absolute atomic E-state index is 0.471. The second-order valence-electron chi connectivity index (χ2n) is 15.3. The number of hydrogen-bond acceptors (Lipinski definition) is 4. The third kappa shape index (κ3) is 5.27. The van der Waals surface area contributed by atoms with Gasteiger partial charge in [-0.2, -0.15) is 0 Å². The van der Waals surface area contributed by atoms with Gasteiger partial charge in [-0.3, -0.25) is 0 Å². The fraction of sp³-hybridized carbons (Fsp3) is 0.0182. The van der Waals surface area contributed by atoms with Crippen LogP contribution in [0.2, 0.25) is 0 Å². The maximum atomic E-state index is 2.49. The molecule has 1 aliphatic heterocycles. The summed E-state index contributed by atoms with van der Waals surface area (Å²) in [5.74, 6) is 0. The van der Waals surface area contributed by atoms with E-state index in [-0.39, 0.29) is 0 Å². The molecule has 2 heterocycles. The van der Waals surface area contributed by atoms with E-state index >= 15 is 0 Å². The molecule has 0 unspecified atom stereocenters. The van der Waals surface area contributed by atoms with Gasteiger partial charge in [-0.05, 0) is 118 Å². The second-order valence-corrected chi connectivity index (χ2v) is 17.4. The normalized spacial score (nSPS) is 13.2. The first kappa shape index (κ1) is 34.2. The van der Waals surface area contributed by atoms with Crippen molar-refractivity contribution in [3.63, 3.8) is 0 Å². The molecule has 1 spiro atoms. The van der Waals surface area contributed by atoms with Crippen LogP contribution in [0.4, 0.5) is 34.1 Å². The van der Waals surface area contributed by atoms with E-state index in [0.717, 1.165) is 34.1 Å². The van der Waals surface area contributed by atoms with Gasteiger partial charge in [0.2, 0.25) is 0 Å². The van der Waals surface area contributed by atoms with Crippen molar-refractivity contribution >= 4 is 77.4 Å². The lowest BCUT2D eigenvalue weighted by Gasteiger charge is -2.40. The molecule has 59 heavy (non-hydrogen) atoms. The fourth-order valence-corrected chi connectivity index (χ4v) is 12.0. The van der Waals surface area contributed by atoms with Crippen LogP contribution < -0.4 is 9.80 Å². The van der Waals surface area contributed by atoms with Crippen molar-refractivity contribution in [2.75, 3.05) is 9.80 Å². The summed E-state index contributed by atoms with van der Waals surface area (Å²) in [6.07, 6.45) is 0. The largest absolute Gasteiger partial charge is 0.310 e. The van der Waals surface area contributed by atoms with E-state index in [4.69, 9.17) is 0 Å². The number of anilines is 6. The second kappa shape index (κ2) is 13.6. The number of fused-ring (bicyclic) bond motifs is 12. The van der Waals surface area contributed by atoms with Crippen LogP contribution in [-0.4, -0.2) is 0 Å². The molecule has 0 amide bonds. The number of nitrogens with zero attached hydrogens (tertiary/aromatic N) is 2. The van der Waals surface area contributed by atoms with E-state index in [1.807, 2.05) is 23.1 Å². The average Bonchev–Trinajstić information content (AvgIpc) is 3.81. The van der Waals surface area contributed by atoms with Gasteiger partial charge in [0.25, 0.3) is 0 Å². The van der Waals surface area contributed by atoms with Gasteiger partial charge in [0.1, 0.15) is 0 Å². The zero-order valence-electron chi connectivity index (χ0n) is 32.0. The van der Waals surface area contributed by atoms with Gasteiger partial charge in [-0.15, -0.1) is 11.3 Å². The van der Waals surface area contributed by atoms with E-state index in [2.05, 4.69) is 228 Å². The standard InChI is InChI=1S/C55H36N2S2/c1-3-16-37(17-4-1)56(38-18-5-2-6-19-38)39-20-15-21-40(34-39)57(42-31-33-46-45-23-8-12-27-51(45)58-54(46)36-42)41-30-32-44-43-22-7-9-24-47(43)55(50(44)35-41)48-25-10-13-28-52(48)59-53-29-14-11-26-49(53)55/h1-36H. The quantitative estimate of drug-likeness (QED) is 0.166. The molecule has 2 nitrogen and oxygen atoms in total. The predicted molar refractivity (Wildman–Crippen MR) is 250 cm³/mol. The Balaban J connectivity index is 1.11. The molecule has 1 aliphatic carbocycles. The molecule has 2 aliphatic rings. The van der Waals surface area contributed by atoms with Crippen molar-refractivity contribution in [2.45, 2.75) is 15.2 Å². The molecule has 0 saturated heterocycles. The SMILES string of the molecule is c1ccc(N(c2ccccc2)c2cccc(N(c3ccc4c(c3)C3(c5ccccc5Sc5ccccc53)c3ccccc3-4)c3ccc4c(c3)sc3ccccc34)c2)cc1. The van der Waals surface area contributed by atoms with Gasteiger partial charge < -0.3 is 9.80 Å². The van der Waals surface area contributed by atoms with Gasteiger partial charge >= 0.3 is 0 Å². The molecule has 278 valence electrons. The molecule has 0 radical (unpaired) electrons. The third-order valence-corrected chi connectivity index (χ3v) is 14.4. The first-order valence-electron chi connectivity index (χ1n) is 20.1. The number of thiophene rings is 1. The van der Waals surface area contributed by atoms with Crippen LogP contribution in [-0.2, 0) is 5.41 Å². The summed E-state index contributed by atoms with van der Waals surface area (Å²) in [5, 5.41) is 2.59. The Morgan fingerprint density at radius 3 is 1.51 bits per heavy atom. The maximum Gasteiger partial charge on any atom is 0.0736 e. The van der Waals surface area contributed by atoms with E-state index in [9.17, 15) is 0 Å². The molecule has 1 aromatic heterocycles. The summed E-state index contributed by atoms with van der Waals surface area (Å²) >= 11 is 3.75. The molecule has 0 N–H and O–H groups in total. The fourth-order valence-electron chi connectivity index (χ4n) is 9.65. The Bertz CT molecular complexity index is 3140. The molecule has 12 rings (SSSR count). The Morgan fingerprint density at radius 2 is 0.797 bits per heavy atom. The van der Waals surface area contributed by atoms with Crippen LogP contribution in [0, 0.1) is 0 Å². The van der Waals surface area contributed by atoms with Crippen molar-refractivity contribution < 1.29 is 0 Å². The molecule has 9 aromatic carbocycles. The average molecular weight is 789 g/mol. The number of rotatable bonds is 6. The molecule has 0 saturated carbocycles. The summed E-state index contributed by atoms with van der Waals surface area (Å²) in [6.45, 7) is 0. The van der Waals surface area contributed by atoms with Gasteiger partial charge in [0.05, 0.1) is 5.41 Å². The van der Waals surface area contributed by atoms with E-state index in [1.54, 1.807) is 0 Å². The Labute approximate surface area is 352 Å². The monoisotopic (exact) mass is 788 g/mol. The Morgan fingerprint density at radius 1 is 0.305 bits per heavy atom. The van der Waals surface area contributed by atoms with E-state index in [1.165, 1.54) is 63.3 Å². The van der Waals surface area contributed by atoms with E-state index < -0.39 is 5.41 Å². The van der Waals surface area contributed by atoms with Crippen molar-refractivity contribution in [1.82, 2.24) is 0 Å². The first-order valence-corrected chi connectivity index (χ1v) is 21.7. The molecule has 0 atom stereocenters. The highest BCUT2D eigenvalue weighted by Gasteiger charge is 2.50. The smallest absolute Gasteiger partial charge is 0.0736 e. The topological polar surface area (TPSA) is 6.48 Å². The third-order valence-electron chi connectivity index (χ3n) is 12.1. The highest BCUT2D eigenvalue weighted by atomic mass is 32.2. The number of benzene rings is 9. The molecule has 0 fully saturated rings. The number of para-hydroxylation sites is 2. The number of hydrogen-bond donors (Lipinski definition) is 0. The Hall–Kier alpha value is -6.85. The summed E-state index contributed by atoms with van der Waals surface area (Å²) < 4.78 is 2.58. The summed E-state index contributed by atoms with van der Waals surface area (Å²) in [7, 11) is 0. The highest BCUT2D eigenvalue weighted by Crippen LogP contribution is 2.62. The van der Waals surface area contributed by atoms with Crippen molar-refractivity contribution in [1.29, 1.82) is 0 Å². The highest BCUT2D eigenvalue weighted by molar-refractivity contribution is 7.99. The van der Waals surface area contributed by atoms with Crippen LogP contribution in [0.5, 0.6) is 0 Å². The van der Waals surface area contributed by atoms with Crippen LogP contribution in [0.25, 0.3) is 31.3 Å². The van der Waals surface area contributed by atoms with Gasteiger partial charge in [0.15, 0.2) is 0 Å². The van der Waals surface area contributed by atoms with Crippen LogP contribution in [0.15, 0.2) is 228 Å². The lowest BCUT2D eigenvalue weighted by molar-refractivity contribution is 0.722. The van der Waals surface area contributed by atoms with Crippen LogP contribution in [0.1, 0.15) is 22.3 Å². The van der Waals surface area contributed by atoms with Crippen molar-refractivity contribution in [2.24, 2.45) is 0 Å². The minimum Gasteiger partial charge on any atom is -0.310 e. The predicted octanol–water partition coefficient (Wildman–Crippen LogP) is 15.8. The lowest BCUT2D eigenvalue weighted by atomic mass is 9.67. The zero-order chi connectivity index (χ0) is 38.9. The van der Waals surface area contributed by atoms with Crippen molar-refractivity contribution in [3.8, 4) is 11.1 Å². The Kier molecular flexibility index (Phi) is 7.90. The zero-order valence-corrected chi connectivity index (χ0v) is 33.6. The van der Waals surface area contributed by atoms with Crippen molar-refractivity contribution in [3.05, 3.63) is 241 Å². The van der Waals surface area contributed by atoms with E-state index in [0.29, 0.717) is 0 Å². The molecular formula is C55H36N2S2. The van der Waals surface area contributed by atoms with Gasteiger partial charge in [-0.1, -0.05) is 145 Å². The lowest BCUT2D eigenvalue weighted by Crippen LogP contribution is -2.32. The maximum absolute atomic E-state index is 2.49. The summed E-state index contributed by atoms with van der Waals surface area (Å²) in [4.78, 5) is 7.42. The minimum atomic E-state index is -0.471. The van der Waals surface area contributed by atoms with Crippen LogP contribution >= 0.6 is 23.1 Å². The van der Waals surface area contributed by atoms with Crippen LogP contribution in [0.3, 0.4) is 0 Å². The summed E-state index contributed by atoms with van der Waals surface area (Å²) in [6, 6.07) is 80.5. The van der Waals surface area contributed by atoms with Gasteiger partial charge in [-0.25, -0.2) is 0 Å². The molecule has 0 bridgehead atoms. The molecule has 4 heteroatoms. The summed E-state index contributed by atoms with van der Waals surface area (Å²) in [5.41, 5.74) is 14.1. The molecular weight excluding hydrogens is 753 g/mol. The van der Waals surface area contributed by atoms with Gasteiger partial charge in [0, 0.05) is 64.1 Å². The molecule has 10 aromatic rings.